The van der Waals surface area contributed by atoms with Gasteiger partial charge < -0.3 is 10.0 Å². The second-order valence-corrected chi connectivity index (χ2v) is 5.13. The molecule has 3 heteroatoms. The molecule has 0 heterocycles. The van der Waals surface area contributed by atoms with E-state index in [0.29, 0.717) is 12.6 Å². The molecule has 18 heavy (non-hydrogen) atoms. The van der Waals surface area contributed by atoms with Gasteiger partial charge in [0.1, 0.15) is 0 Å². The van der Waals surface area contributed by atoms with Crippen molar-refractivity contribution in [3.63, 3.8) is 0 Å². The van der Waals surface area contributed by atoms with Crippen LogP contribution in [0.3, 0.4) is 0 Å². The predicted octanol–water partition coefficient (Wildman–Crippen LogP) is 1.99. The molecule has 1 rings (SSSR count). The number of hydrogen-bond donors (Lipinski definition) is 1. The molecule has 0 radical (unpaired) electrons. The number of benzene rings is 1. The number of rotatable bonds is 7. The molecule has 0 bridgehead atoms. The Kier molecular flexibility index (Phi) is 6.33. The van der Waals surface area contributed by atoms with E-state index in [-0.39, 0.29) is 0 Å². The SMILES string of the molecule is CCN(CC(O)c1ccccc1)C(C)CN(C)C. The van der Waals surface area contributed by atoms with Crippen LogP contribution in [-0.4, -0.2) is 54.7 Å². The number of aliphatic hydroxyl groups is 1. The zero-order valence-corrected chi connectivity index (χ0v) is 12.0. The van der Waals surface area contributed by atoms with Gasteiger partial charge in [0.2, 0.25) is 0 Å². The normalized spacial score (nSPS) is 15.1. The first kappa shape index (κ1) is 15.2. The van der Waals surface area contributed by atoms with E-state index < -0.39 is 6.10 Å². The van der Waals surface area contributed by atoms with E-state index in [1.165, 1.54) is 0 Å². The average molecular weight is 250 g/mol. The topological polar surface area (TPSA) is 26.7 Å². The third kappa shape index (κ3) is 4.77. The Labute approximate surface area is 111 Å². The maximum Gasteiger partial charge on any atom is 0.0917 e. The number of nitrogens with zero attached hydrogens (tertiary/aromatic N) is 2. The van der Waals surface area contributed by atoms with E-state index in [1.54, 1.807) is 0 Å². The fourth-order valence-corrected chi connectivity index (χ4v) is 2.27. The molecule has 1 aromatic carbocycles. The number of aliphatic hydroxyl groups excluding tert-OH is 1. The fourth-order valence-electron chi connectivity index (χ4n) is 2.27. The van der Waals surface area contributed by atoms with Gasteiger partial charge in [0.25, 0.3) is 0 Å². The van der Waals surface area contributed by atoms with Crippen molar-refractivity contribution in [1.29, 1.82) is 0 Å². The lowest BCUT2D eigenvalue weighted by Gasteiger charge is -2.31. The van der Waals surface area contributed by atoms with Crippen molar-refractivity contribution in [3.8, 4) is 0 Å². The lowest BCUT2D eigenvalue weighted by atomic mass is 10.1. The minimum Gasteiger partial charge on any atom is -0.387 e. The van der Waals surface area contributed by atoms with Crippen LogP contribution < -0.4 is 0 Å². The summed E-state index contributed by atoms with van der Waals surface area (Å²) in [6.07, 6.45) is -0.407. The summed E-state index contributed by atoms with van der Waals surface area (Å²) >= 11 is 0. The summed E-state index contributed by atoms with van der Waals surface area (Å²) in [6, 6.07) is 10.3. The Hall–Kier alpha value is -0.900. The van der Waals surface area contributed by atoms with Crippen LogP contribution in [0.5, 0.6) is 0 Å². The van der Waals surface area contributed by atoms with Crippen molar-refractivity contribution in [2.75, 3.05) is 33.7 Å². The van der Waals surface area contributed by atoms with Gasteiger partial charge in [0.05, 0.1) is 6.10 Å². The Morgan fingerprint density at radius 3 is 2.22 bits per heavy atom. The minimum absolute atomic E-state index is 0.407. The second-order valence-electron chi connectivity index (χ2n) is 5.13. The molecule has 0 saturated carbocycles. The van der Waals surface area contributed by atoms with Crippen LogP contribution in [0.2, 0.25) is 0 Å². The lowest BCUT2D eigenvalue weighted by Crippen LogP contribution is -2.42. The first-order chi connectivity index (χ1) is 8.54. The van der Waals surface area contributed by atoms with Crippen LogP contribution in [-0.2, 0) is 0 Å². The monoisotopic (exact) mass is 250 g/mol. The largest absolute Gasteiger partial charge is 0.387 e. The molecule has 0 spiro atoms. The van der Waals surface area contributed by atoms with E-state index >= 15 is 0 Å². The molecule has 1 N–H and O–H groups in total. The summed E-state index contributed by atoms with van der Waals surface area (Å²) in [5, 5.41) is 10.2. The van der Waals surface area contributed by atoms with Crippen LogP contribution in [0.25, 0.3) is 0 Å². The summed E-state index contributed by atoms with van der Waals surface area (Å²) in [4.78, 5) is 4.50. The third-order valence-electron chi connectivity index (χ3n) is 3.25. The third-order valence-corrected chi connectivity index (χ3v) is 3.25. The highest BCUT2D eigenvalue weighted by Gasteiger charge is 2.17. The molecule has 3 nitrogen and oxygen atoms in total. The molecule has 0 aromatic heterocycles. The maximum atomic E-state index is 10.2. The standard InChI is InChI=1S/C15H26N2O/c1-5-17(13(2)11-16(3)4)12-15(18)14-9-7-6-8-10-14/h6-10,13,15,18H,5,11-12H2,1-4H3. The summed E-state index contributed by atoms with van der Waals surface area (Å²) in [6.45, 7) is 7.01. The van der Waals surface area contributed by atoms with Gasteiger partial charge in [-0.15, -0.1) is 0 Å². The zero-order valence-electron chi connectivity index (χ0n) is 12.0. The molecule has 102 valence electrons. The Morgan fingerprint density at radius 1 is 1.11 bits per heavy atom. The molecule has 0 aliphatic rings. The summed E-state index contributed by atoms with van der Waals surface area (Å²) < 4.78 is 0. The van der Waals surface area contributed by atoms with Crippen LogP contribution in [0.1, 0.15) is 25.5 Å². The Bertz CT molecular complexity index is 327. The molecule has 0 saturated heterocycles. The highest BCUT2D eigenvalue weighted by atomic mass is 16.3. The van der Waals surface area contributed by atoms with E-state index in [9.17, 15) is 5.11 Å². The second kappa shape index (κ2) is 7.52. The van der Waals surface area contributed by atoms with Gasteiger partial charge in [-0.1, -0.05) is 37.3 Å². The first-order valence-electron chi connectivity index (χ1n) is 6.66. The van der Waals surface area contributed by atoms with Gasteiger partial charge in [-0.25, -0.2) is 0 Å². The highest BCUT2D eigenvalue weighted by molar-refractivity contribution is 5.17. The minimum atomic E-state index is -0.407. The maximum absolute atomic E-state index is 10.2. The van der Waals surface area contributed by atoms with Gasteiger partial charge in [0, 0.05) is 19.1 Å². The number of likely N-dealkylation sites (N-methyl/N-ethyl adjacent to an activating group) is 2. The van der Waals surface area contributed by atoms with E-state index in [2.05, 4.69) is 37.7 Å². The van der Waals surface area contributed by atoms with Crippen molar-refractivity contribution < 1.29 is 5.11 Å². The van der Waals surface area contributed by atoms with Crippen molar-refractivity contribution in [3.05, 3.63) is 35.9 Å². The van der Waals surface area contributed by atoms with Crippen molar-refractivity contribution in [2.45, 2.75) is 26.0 Å². The molecule has 0 aliphatic carbocycles. The zero-order chi connectivity index (χ0) is 13.5. The average Bonchev–Trinajstić information content (AvgIpc) is 2.35. The predicted molar refractivity (Wildman–Crippen MR) is 76.7 cm³/mol. The quantitative estimate of drug-likeness (QED) is 0.802. The molecular formula is C15H26N2O. The first-order valence-corrected chi connectivity index (χ1v) is 6.66. The van der Waals surface area contributed by atoms with E-state index in [1.807, 2.05) is 30.3 Å². The fraction of sp³-hybridized carbons (Fsp3) is 0.600. The molecule has 2 atom stereocenters. The van der Waals surface area contributed by atoms with Crippen molar-refractivity contribution in [1.82, 2.24) is 9.80 Å². The summed E-state index contributed by atoms with van der Waals surface area (Å²) in [7, 11) is 4.16. The molecule has 2 unspecified atom stereocenters. The molecule has 1 aromatic rings. The van der Waals surface area contributed by atoms with Crippen LogP contribution in [0, 0.1) is 0 Å². The molecule has 0 amide bonds. The number of hydrogen-bond acceptors (Lipinski definition) is 3. The molecular weight excluding hydrogens is 224 g/mol. The van der Waals surface area contributed by atoms with Crippen molar-refractivity contribution >= 4 is 0 Å². The van der Waals surface area contributed by atoms with Gasteiger partial charge in [-0.2, -0.15) is 0 Å². The van der Waals surface area contributed by atoms with Crippen LogP contribution in [0.15, 0.2) is 30.3 Å². The molecule has 0 fully saturated rings. The van der Waals surface area contributed by atoms with Crippen molar-refractivity contribution in [2.24, 2.45) is 0 Å². The van der Waals surface area contributed by atoms with Gasteiger partial charge in [-0.3, -0.25) is 4.90 Å². The van der Waals surface area contributed by atoms with Crippen LogP contribution >= 0.6 is 0 Å². The molecule has 0 aliphatic heterocycles. The van der Waals surface area contributed by atoms with Gasteiger partial charge >= 0.3 is 0 Å². The highest BCUT2D eigenvalue weighted by Crippen LogP contribution is 2.15. The smallest absolute Gasteiger partial charge is 0.0917 e. The summed E-state index contributed by atoms with van der Waals surface area (Å²) in [5.41, 5.74) is 0.994. The van der Waals surface area contributed by atoms with Gasteiger partial charge in [-0.05, 0) is 33.1 Å². The Morgan fingerprint density at radius 2 is 1.72 bits per heavy atom. The lowest BCUT2D eigenvalue weighted by molar-refractivity contribution is 0.0859. The summed E-state index contributed by atoms with van der Waals surface area (Å²) in [5.74, 6) is 0. The van der Waals surface area contributed by atoms with E-state index in [0.717, 1.165) is 18.7 Å². The van der Waals surface area contributed by atoms with Crippen LogP contribution in [0.4, 0.5) is 0 Å². The Balaban J connectivity index is 2.57. The van der Waals surface area contributed by atoms with Gasteiger partial charge in [0.15, 0.2) is 0 Å². The van der Waals surface area contributed by atoms with E-state index in [4.69, 9.17) is 0 Å².